The zero-order valence-electron chi connectivity index (χ0n) is 20.3. The van der Waals surface area contributed by atoms with E-state index in [9.17, 15) is 19.5 Å². The number of aromatic carboxylic acids is 1. The number of anilines is 2. The van der Waals surface area contributed by atoms with Gasteiger partial charge in [-0.05, 0) is 53.8 Å². The fourth-order valence-electron chi connectivity index (χ4n) is 5.36. The molecule has 1 aliphatic carbocycles. The van der Waals surface area contributed by atoms with E-state index in [4.69, 9.17) is 0 Å². The zero-order valence-corrected chi connectivity index (χ0v) is 20.3. The Morgan fingerprint density at radius 2 is 1.58 bits per heavy atom. The van der Waals surface area contributed by atoms with E-state index >= 15 is 0 Å². The summed E-state index contributed by atoms with van der Waals surface area (Å²) < 4.78 is 0. The summed E-state index contributed by atoms with van der Waals surface area (Å²) in [6, 6.07) is 24.3. The third-order valence-corrected chi connectivity index (χ3v) is 7.16. The summed E-state index contributed by atoms with van der Waals surface area (Å²) >= 11 is 0. The summed E-state index contributed by atoms with van der Waals surface area (Å²) in [5, 5.41) is 9.52. The predicted molar refractivity (Wildman–Crippen MR) is 139 cm³/mol. The highest BCUT2D eigenvalue weighted by Gasteiger charge is 2.42. The normalized spacial score (nSPS) is 19.8. The Balaban J connectivity index is 1.64. The van der Waals surface area contributed by atoms with Crippen LogP contribution in [0.15, 0.2) is 90.1 Å². The van der Waals surface area contributed by atoms with Gasteiger partial charge < -0.3 is 10.0 Å². The molecule has 3 aromatic rings. The number of carbonyl (C=O) groups is 3. The molecule has 0 saturated carbocycles. The van der Waals surface area contributed by atoms with Crippen molar-refractivity contribution in [3.05, 3.63) is 107 Å². The van der Waals surface area contributed by atoms with Crippen molar-refractivity contribution in [2.45, 2.75) is 31.1 Å². The molecule has 1 amide bonds. The maximum Gasteiger partial charge on any atom is 0.335 e. The third-order valence-electron chi connectivity index (χ3n) is 7.16. The molecule has 182 valence electrons. The molecular formula is C30H28N2O4. The first-order valence-electron chi connectivity index (χ1n) is 12.1. The minimum atomic E-state index is -1.06. The molecule has 0 saturated heterocycles. The van der Waals surface area contributed by atoms with E-state index in [2.05, 4.69) is 0 Å². The van der Waals surface area contributed by atoms with E-state index in [-0.39, 0.29) is 35.5 Å². The Morgan fingerprint density at radius 1 is 0.861 bits per heavy atom. The maximum atomic E-state index is 13.7. The van der Waals surface area contributed by atoms with Crippen molar-refractivity contribution in [2.24, 2.45) is 0 Å². The first kappa shape index (κ1) is 23.5. The summed E-state index contributed by atoms with van der Waals surface area (Å²) in [6.45, 7) is 0. The fourth-order valence-corrected chi connectivity index (χ4v) is 5.36. The molecule has 6 heteroatoms. The molecule has 3 aromatic carbocycles. The van der Waals surface area contributed by atoms with Crippen LogP contribution in [0.4, 0.5) is 11.4 Å². The summed E-state index contributed by atoms with van der Waals surface area (Å²) in [4.78, 5) is 42.6. The topological polar surface area (TPSA) is 77.9 Å². The Morgan fingerprint density at radius 3 is 2.25 bits per heavy atom. The SMILES string of the molecule is CN(C)c1ccc(C2CC(=O)N(c3cccc(C(=O)O)c3)C3=C2C(=O)CC(c2ccccc2)C3)cc1. The van der Waals surface area contributed by atoms with Crippen LogP contribution in [0.3, 0.4) is 0 Å². The minimum Gasteiger partial charge on any atom is -0.478 e. The fraction of sp³-hybridized carbons (Fsp3) is 0.233. The van der Waals surface area contributed by atoms with E-state index in [1.165, 1.54) is 12.1 Å². The lowest BCUT2D eigenvalue weighted by Gasteiger charge is -2.40. The number of rotatable bonds is 5. The van der Waals surface area contributed by atoms with E-state index in [1.807, 2.05) is 73.6 Å². The van der Waals surface area contributed by atoms with Crippen molar-refractivity contribution >= 4 is 29.0 Å². The van der Waals surface area contributed by atoms with E-state index < -0.39 is 5.97 Å². The maximum absolute atomic E-state index is 13.7. The lowest BCUT2D eigenvalue weighted by atomic mass is 9.72. The molecule has 0 radical (unpaired) electrons. The highest BCUT2D eigenvalue weighted by Crippen LogP contribution is 2.47. The molecule has 1 heterocycles. The van der Waals surface area contributed by atoms with Crippen LogP contribution in [0, 0.1) is 0 Å². The number of Topliss-reactive ketones (excluding diaryl/α,β-unsaturated/α-hetero) is 1. The number of ketones is 1. The predicted octanol–water partition coefficient (Wildman–Crippen LogP) is 5.37. The minimum absolute atomic E-state index is 0.0404. The molecule has 0 aromatic heterocycles. The molecule has 2 unspecified atom stereocenters. The molecule has 1 aliphatic heterocycles. The molecule has 2 aliphatic rings. The summed E-state index contributed by atoms with van der Waals surface area (Å²) in [5.74, 6) is -1.54. The second kappa shape index (κ2) is 9.46. The van der Waals surface area contributed by atoms with Gasteiger partial charge in [-0.1, -0.05) is 48.5 Å². The van der Waals surface area contributed by atoms with Crippen molar-refractivity contribution in [3.8, 4) is 0 Å². The van der Waals surface area contributed by atoms with Crippen LogP contribution in [0.2, 0.25) is 0 Å². The van der Waals surface area contributed by atoms with Gasteiger partial charge in [0.1, 0.15) is 0 Å². The Hall–Kier alpha value is -4.19. The molecule has 2 atom stereocenters. The largest absolute Gasteiger partial charge is 0.478 e. The van der Waals surface area contributed by atoms with Crippen LogP contribution >= 0.6 is 0 Å². The highest BCUT2D eigenvalue weighted by molar-refractivity contribution is 6.08. The van der Waals surface area contributed by atoms with Crippen molar-refractivity contribution in [1.82, 2.24) is 0 Å². The number of hydrogen-bond donors (Lipinski definition) is 1. The second-order valence-corrected chi connectivity index (χ2v) is 9.63. The van der Waals surface area contributed by atoms with Gasteiger partial charge in [0.2, 0.25) is 5.91 Å². The van der Waals surface area contributed by atoms with Gasteiger partial charge >= 0.3 is 5.97 Å². The average molecular weight is 481 g/mol. The van der Waals surface area contributed by atoms with Crippen molar-refractivity contribution in [1.29, 1.82) is 0 Å². The Bertz CT molecular complexity index is 1360. The van der Waals surface area contributed by atoms with Crippen molar-refractivity contribution in [2.75, 3.05) is 23.9 Å². The number of nitrogens with zero attached hydrogens (tertiary/aromatic N) is 2. The number of amides is 1. The van der Waals surface area contributed by atoms with Crippen LogP contribution in [-0.4, -0.2) is 36.9 Å². The molecule has 0 bridgehead atoms. The lowest BCUT2D eigenvalue weighted by Crippen LogP contribution is -2.41. The van der Waals surface area contributed by atoms with Crippen molar-refractivity contribution in [3.63, 3.8) is 0 Å². The monoisotopic (exact) mass is 480 g/mol. The van der Waals surface area contributed by atoms with Crippen LogP contribution < -0.4 is 9.80 Å². The number of hydrogen-bond acceptors (Lipinski definition) is 4. The average Bonchev–Trinajstić information content (AvgIpc) is 2.88. The van der Waals surface area contributed by atoms with Crippen LogP contribution in [0.5, 0.6) is 0 Å². The first-order valence-corrected chi connectivity index (χ1v) is 12.1. The molecule has 1 N–H and O–H groups in total. The number of carboxylic acids is 1. The van der Waals surface area contributed by atoms with Gasteiger partial charge in [-0.3, -0.25) is 14.5 Å². The van der Waals surface area contributed by atoms with Gasteiger partial charge in [0, 0.05) is 55.5 Å². The smallest absolute Gasteiger partial charge is 0.335 e. The zero-order chi connectivity index (χ0) is 25.4. The molecular weight excluding hydrogens is 452 g/mol. The lowest BCUT2D eigenvalue weighted by molar-refractivity contribution is -0.120. The van der Waals surface area contributed by atoms with Gasteiger partial charge in [-0.15, -0.1) is 0 Å². The van der Waals surface area contributed by atoms with Crippen LogP contribution in [0.1, 0.15) is 52.6 Å². The summed E-state index contributed by atoms with van der Waals surface area (Å²) in [7, 11) is 3.94. The van der Waals surface area contributed by atoms with Gasteiger partial charge in [0.25, 0.3) is 0 Å². The Kier molecular flexibility index (Phi) is 6.18. The number of allylic oxidation sites excluding steroid dienone is 2. The molecule has 6 nitrogen and oxygen atoms in total. The highest BCUT2D eigenvalue weighted by atomic mass is 16.4. The number of benzene rings is 3. The van der Waals surface area contributed by atoms with Crippen LogP contribution in [0.25, 0.3) is 0 Å². The van der Waals surface area contributed by atoms with Gasteiger partial charge in [-0.25, -0.2) is 4.79 Å². The second-order valence-electron chi connectivity index (χ2n) is 9.63. The summed E-state index contributed by atoms with van der Waals surface area (Å²) in [6.07, 6.45) is 1.06. The van der Waals surface area contributed by atoms with E-state index in [1.54, 1.807) is 17.0 Å². The van der Waals surface area contributed by atoms with Gasteiger partial charge in [-0.2, -0.15) is 0 Å². The van der Waals surface area contributed by atoms with E-state index in [0.29, 0.717) is 29.8 Å². The quantitative estimate of drug-likeness (QED) is 0.531. The van der Waals surface area contributed by atoms with Gasteiger partial charge in [0.05, 0.1) is 5.56 Å². The van der Waals surface area contributed by atoms with E-state index in [0.717, 1.165) is 16.8 Å². The summed E-state index contributed by atoms with van der Waals surface area (Å²) in [5.41, 5.74) is 4.97. The Labute approximate surface area is 210 Å². The first-order chi connectivity index (χ1) is 17.3. The number of carboxylic acid groups (broad SMARTS) is 1. The van der Waals surface area contributed by atoms with Crippen molar-refractivity contribution < 1.29 is 19.5 Å². The van der Waals surface area contributed by atoms with Crippen LogP contribution in [-0.2, 0) is 9.59 Å². The third kappa shape index (κ3) is 4.31. The molecule has 0 spiro atoms. The van der Waals surface area contributed by atoms with Gasteiger partial charge in [0.15, 0.2) is 5.78 Å². The molecule has 36 heavy (non-hydrogen) atoms. The standard InChI is InChI=1S/C30H28N2O4/c1-31(2)23-13-11-20(12-14-23)25-18-28(34)32(24-10-6-9-21(15-24)30(35)36)26-16-22(17-27(33)29(25)26)19-7-4-3-5-8-19/h3-15,22,25H,16-18H2,1-2H3,(H,35,36). The molecule has 0 fully saturated rings. The number of carbonyl (C=O) groups excluding carboxylic acids is 2. The molecule has 5 rings (SSSR count).